The van der Waals surface area contributed by atoms with Crippen LogP contribution in [0, 0.1) is 0 Å². The van der Waals surface area contributed by atoms with Crippen molar-refractivity contribution in [3.05, 3.63) is 0 Å². The Kier molecular flexibility index (Phi) is 4.57. The van der Waals surface area contributed by atoms with Crippen molar-refractivity contribution in [3.63, 3.8) is 0 Å². The Hall–Kier alpha value is -1.63. The van der Waals surface area contributed by atoms with E-state index < -0.39 is 37.0 Å². The lowest BCUT2D eigenvalue weighted by Crippen LogP contribution is -2.39. The molecular weight excluding hydrogens is 196 g/mol. The molecule has 0 amide bonds. The van der Waals surface area contributed by atoms with Gasteiger partial charge in [-0.3, -0.25) is 14.4 Å². The van der Waals surface area contributed by atoms with Crippen LogP contribution in [0.15, 0.2) is 0 Å². The predicted molar refractivity (Wildman–Crippen MR) is 41.5 cm³/mol. The molecule has 3 N–H and O–H groups in total. The van der Waals surface area contributed by atoms with Crippen LogP contribution >= 0.6 is 0 Å². The van der Waals surface area contributed by atoms with Gasteiger partial charge in [0.25, 0.3) is 6.47 Å². The van der Waals surface area contributed by atoms with Crippen molar-refractivity contribution in [2.24, 2.45) is 0 Å². The van der Waals surface area contributed by atoms with Gasteiger partial charge in [0.05, 0.1) is 12.8 Å². The molecule has 0 saturated heterocycles. The van der Waals surface area contributed by atoms with E-state index in [-0.39, 0.29) is 6.47 Å². The summed E-state index contributed by atoms with van der Waals surface area (Å²) in [5, 5.41) is 26.2. The minimum Gasteiger partial charge on any atom is -0.481 e. The van der Waals surface area contributed by atoms with E-state index in [0.717, 1.165) is 0 Å². The van der Waals surface area contributed by atoms with E-state index in [9.17, 15) is 19.5 Å². The smallest absolute Gasteiger partial charge is 0.306 e. The first-order valence-corrected chi connectivity index (χ1v) is 3.61. The molecule has 7 heteroatoms. The molecule has 0 spiro atoms. The molecule has 0 heterocycles. The first-order valence-electron chi connectivity index (χ1n) is 3.61. The summed E-state index contributed by atoms with van der Waals surface area (Å²) < 4.78 is 4.14. The highest BCUT2D eigenvalue weighted by atomic mass is 16.5. The minimum absolute atomic E-state index is 0.00860. The van der Waals surface area contributed by atoms with E-state index in [0.29, 0.717) is 0 Å². The predicted octanol–water partition coefficient (Wildman–Crippen LogP) is -1.16. The monoisotopic (exact) mass is 206 g/mol. The number of ether oxygens (including phenoxy) is 1. The summed E-state index contributed by atoms with van der Waals surface area (Å²) in [6.07, 6.45) is -1.60. The summed E-state index contributed by atoms with van der Waals surface area (Å²) in [5.41, 5.74) is -2.06. The Balaban J connectivity index is 4.38. The highest BCUT2D eigenvalue weighted by Crippen LogP contribution is 2.15. The summed E-state index contributed by atoms with van der Waals surface area (Å²) in [5.74, 6) is -2.74. The number of hydrogen-bond donors (Lipinski definition) is 3. The van der Waals surface area contributed by atoms with Gasteiger partial charge in [-0.2, -0.15) is 0 Å². The molecule has 0 rings (SSSR count). The second-order valence-electron chi connectivity index (χ2n) is 2.77. The zero-order chi connectivity index (χ0) is 11.2. The van der Waals surface area contributed by atoms with Crippen molar-refractivity contribution < 1.29 is 34.4 Å². The first-order chi connectivity index (χ1) is 6.39. The van der Waals surface area contributed by atoms with E-state index in [2.05, 4.69) is 4.74 Å². The Morgan fingerprint density at radius 1 is 1.21 bits per heavy atom. The number of carbonyl (C=O) groups is 3. The van der Waals surface area contributed by atoms with E-state index in [1.807, 2.05) is 0 Å². The number of aliphatic carboxylic acids is 2. The summed E-state index contributed by atoms with van der Waals surface area (Å²) >= 11 is 0. The van der Waals surface area contributed by atoms with Gasteiger partial charge in [0.1, 0.15) is 12.2 Å². The lowest BCUT2D eigenvalue weighted by atomic mass is 9.97. The van der Waals surface area contributed by atoms with E-state index in [1.54, 1.807) is 0 Å². The Labute approximate surface area is 78.9 Å². The van der Waals surface area contributed by atoms with Crippen molar-refractivity contribution in [2.75, 3.05) is 6.61 Å². The molecule has 0 aromatic heterocycles. The molecule has 0 aliphatic heterocycles. The van der Waals surface area contributed by atoms with Crippen LogP contribution < -0.4 is 0 Å². The molecule has 0 atom stereocenters. The van der Waals surface area contributed by atoms with Crippen LogP contribution in [0.5, 0.6) is 0 Å². The van der Waals surface area contributed by atoms with Crippen molar-refractivity contribution in [3.8, 4) is 0 Å². The summed E-state index contributed by atoms with van der Waals surface area (Å²) in [4.78, 5) is 30.3. The van der Waals surface area contributed by atoms with E-state index >= 15 is 0 Å². The quantitative estimate of drug-likeness (QED) is 0.449. The van der Waals surface area contributed by atoms with Crippen LogP contribution in [0.4, 0.5) is 0 Å². The van der Waals surface area contributed by atoms with E-state index in [4.69, 9.17) is 10.2 Å². The largest absolute Gasteiger partial charge is 0.481 e. The topological polar surface area (TPSA) is 121 Å². The minimum atomic E-state index is -2.06. The normalized spacial score (nSPS) is 10.6. The lowest BCUT2D eigenvalue weighted by Gasteiger charge is -2.22. The summed E-state index contributed by atoms with van der Waals surface area (Å²) in [6, 6.07) is 0. The highest BCUT2D eigenvalue weighted by molar-refractivity contribution is 5.72. The van der Waals surface area contributed by atoms with Crippen LogP contribution in [-0.4, -0.2) is 45.9 Å². The number of rotatable bonds is 7. The number of hydrogen-bond acceptors (Lipinski definition) is 5. The van der Waals surface area contributed by atoms with Gasteiger partial charge in [0.2, 0.25) is 0 Å². The first kappa shape index (κ1) is 12.4. The van der Waals surface area contributed by atoms with E-state index in [1.165, 1.54) is 0 Å². The fourth-order valence-electron chi connectivity index (χ4n) is 0.917. The molecule has 0 aliphatic carbocycles. The number of carboxylic acids is 2. The standard InChI is InChI=1S/C7H10O7/c8-4-14-3-7(13,1-5(9)10)2-6(11)12/h4,13H,1-3H2,(H,9,10)(H,11,12). The van der Waals surface area contributed by atoms with Gasteiger partial charge in [-0.1, -0.05) is 0 Å². The molecule has 0 aromatic rings. The number of carboxylic acid groups (broad SMARTS) is 2. The average molecular weight is 206 g/mol. The van der Waals surface area contributed by atoms with Gasteiger partial charge in [-0.25, -0.2) is 0 Å². The fourth-order valence-corrected chi connectivity index (χ4v) is 0.917. The Bertz CT molecular complexity index is 218. The van der Waals surface area contributed by atoms with Crippen LogP contribution in [0.25, 0.3) is 0 Å². The number of carbonyl (C=O) groups excluding carboxylic acids is 1. The van der Waals surface area contributed by atoms with Crippen LogP contribution in [0.1, 0.15) is 12.8 Å². The maximum absolute atomic E-state index is 10.3. The van der Waals surface area contributed by atoms with Crippen LogP contribution in [-0.2, 0) is 19.1 Å². The molecule has 14 heavy (non-hydrogen) atoms. The molecule has 0 fully saturated rings. The average Bonchev–Trinajstić information content (AvgIpc) is 1.97. The Morgan fingerprint density at radius 3 is 1.93 bits per heavy atom. The van der Waals surface area contributed by atoms with Gasteiger partial charge in [-0.05, 0) is 0 Å². The fraction of sp³-hybridized carbons (Fsp3) is 0.571. The van der Waals surface area contributed by atoms with Crippen molar-refractivity contribution in [1.82, 2.24) is 0 Å². The molecule has 80 valence electrons. The van der Waals surface area contributed by atoms with Crippen LogP contribution in [0.3, 0.4) is 0 Å². The highest BCUT2D eigenvalue weighted by Gasteiger charge is 2.33. The van der Waals surface area contributed by atoms with Gasteiger partial charge < -0.3 is 20.1 Å². The van der Waals surface area contributed by atoms with Gasteiger partial charge in [0, 0.05) is 0 Å². The van der Waals surface area contributed by atoms with Crippen LogP contribution in [0.2, 0.25) is 0 Å². The summed E-state index contributed by atoms with van der Waals surface area (Å²) in [7, 11) is 0. The molecule has 0 aromatic carbocycles. The van der Waals surface area contributed by atoms with Crippen molar-refractivity contribution in [2.45, 2.75) is 18.4 Å². The zero-order valence-electron chi connectivity index (χ0n) is 7.17. The Morgan fingerprint density at radius 2 is 1.64 bits per heavy atom. The second kappa shape index (κ2) is 5.18. The third kappa shape index (κ3) is 5.09. The molecule has 0 unspecified atom stereocenters. The second-order valence-corrected chi connectivity index (χ2v) is 2.77. The van der Waals surface area contributed by atoms with Gasteiger partial charge in [-0.15, -0.1) is 0 Å². The zero-order valence-corrected chi connectivity index (χ0v) is 7.17. The molecule has 0 saturated carbocycles. The van der Waals surface area contributed by atoms with Crippen molar-refractivity contribution >= 4 is 18.4 Å². The molecule has 0 aliphatic rings. The SMILES string of the molecule is O=COCC(O)(CC(=O)O)CC(=O)O. The lowest BCUT2D eigenvalue weighted by molar-refractivity contribution is -0.157. The maximum atomic E-state index is 10.3. The van der Waals surface area contributed by atoms with Gasteiger partial charge >= 0.3 is 11.9 Å². The maximum Gasteiger partial charge on any atom is 0.306 e. The van der Waals surface area contributed by atoms with Crippen molar-refractivity contribution in [1.29, 1.82) is 0 Å². The molecule has 7 nitrogen and oxygen atoms in total. The third-order valence-corrected chi connectivity index (χ3v) is 1.38. The summed E-state index contributed by atoms with van der Waals surface area (Å²) in [6.45, 7) is -0.649. The third-order valence-electron chi connectivity index (χ3n) is 1.38. The van der Waals surface area contributed by atoms with Gasteiger partial charge in [0.15, 0.2) is 0 Å². The molecular formula is C7H10O7. The molecule has 0 radical (unpaired) electrons. The molecule has 0 bridgehead atoms. The number of aliphatic hydroxyl groups is 1.